The molecule has 0 aliphatic rings. The highest BCUT2D eigenvalue weighted by molar-refractivity contribution is 7.15. The summed E-state index contributed by atoms with van der Waals surface area (Å²) in [4.78, 5) is 5.73. The van der Waals surface area contributed by atoms with Gasteiger partial charge < -0.3 is 0 Å². The molecule has 5 heteroatoms. The molecule has 0 atom stereocenters. The number of thiazole rings is 1. The number of hydrazone groups is 1. The molecule has 0 radical (unpaired) electrons. The van der Waals surface area contributed by atoms with E-state index in [0.29, 0.717) is 0 Å². The minimum absolute atomic E-state index is 0.724. The molecule has 0 unspecified atom stereocenters. The Morgan fingerprint density at radius 2 is 1.82 bits per heavy atom. The first-order valence-corrected chi connectivity index (χ1v) is 7.99. The van der Waals surface area contributed by atoms with Crippen LogP contribution in [-0.4, -0.2) is 11.2 Å². The molecule has 3 rings (SSSR count). The summed E-state index contributed by atoms with van der Waals surface area (Å²) in [6, 6.07) is 17.6. The van der Waals surface area contributed by atoms with Crippen molar-refractivity contribution in [3.05, 3.63) is 70.1 Å². The lowest BCUT2D eigenvalue weighted by molar-refractivity contribution is 1.28. The Morgan fingerprint density at radius 3 is 2.55 bits per heavy atom. The second-order valence-corrected chi connectivity index (χ2v) is 6.35. The van der Waals surface area contributed by atoms with Gasteiger partial charge in [0.1, 0.15) is 0 Å². The monoisotopic (exact) mass is 327 g/mol. The van der Waals surface area contributed by atoms with Crippen molar-refractivity contribution in [2.75, 3.05) is 5.43 Å². The topological polar surface area (TPSA) is 37.3 Å². The van der Waals surface area contributed by atoms with Crippen LogP contribution in [0.5, 0.6) is 0 Å². The van der Waals surface area contributed by atoms with E-state index >= 15 is 0 Å². The molecule has 0 bridgehead atoms. The van der Waals surface area contributed by atoms with E-state index in [1.165, 1.54) is 0 Å². The number of aromatic nitrogens is 1. The molecule has 3 nitrogen and oxygen atoms in total. The summed E-state index contributed by atoms with van der Waals surface area (Å²) >= 11 is 7.50. The third-order valence-corrected chi connectivity index (χ3v) is 4.22. The molecule has 0 fully saturated rings. The number of rotatable bonds is 4. The van der Waals surface area contributed by atoms with E-state index in [9.17, 15) is 0 Å². The zero-order valence-electron chi connectivity index (χ0n) is 12.0. The van der Waals surface area contributed by atoms with Crippen molar-refractivity contribution in [2.45, 2.75) is 6.92 Å². The number of benzene rings is 2. The van der Waals surface area contributed by atoms with Crippen molar-refractivity contribution < 1.29 is 0 Å². The van der Waals surface area contributed by atoms with E-state index in [1.54, 1.807) is 17.6 Å². The fraction of sp³-hybridized carbons (Fsp3) is 0.0588. The van der Waals surface area contributed by atoms with Gasteiger partial charge in [0.05, 0.1) is 11.9 Å². The van der Waals surface area contributed by atoms with Crippen LogP contribution in [0.4, 0.5) is 5.13 Å². The standard InChI is InChI=1S/C17H14ClN3S/c1-12-16(14-7-9-15(18)10-8-14)20-17(22-12)21-19-11-13-5-3-2-4-6-13/h2-11H,1H3,(H,20,21)/b19-11+. The molecule has 2 aromatic carbocycles. The molecule has 1 N–H and O–H groups in total. The van der Waals surface area contributed by atoms with Crippen LogP contribution in [0.2, 0.25) is 5.02 Å². The minimum atomic E-state index is 0.724. The Labute approximate surface area is 138 Å². The van der Waals surface area contributed by atoms with E-state index in [1.807, 2.05) is 61.5 Å². The summed E-state index contributed by atoms with van der Waals surface area (Å²) in [6.45, 7) is 2.05. The number of nitrogens with zero attached hydrogens (tertiary/aromatic N) is 2. The summed E-state index contributed by atoms with van der Waals surface area (Å²) in [6.07, 6.45) is 1.78. The zero-order chi connectivity index (χ0) is 15.4. The average Bonchev–Trinajstić information content (AvgIpc) is 2.90. The van der Waals surface area contributed by atoms with Crippen LogP contribution in [-0.2, 0) is 0 Å². The summed E-state index contributed by atoms with van der Waals surface area (Å²) in [5, 5.41) is 5.72. The predicted octanol–water partition coefficient (Wildman–Crippen LogP) is 5.22. The summed E-state index contributed by atoms with van der Waals surface area (Å²) < 4.78 is 0. The molecular formula is C17H14ClN3S. The summed E-state index contributed by atoms with van der Waals surface area (Å²) in [5.74, 6) is 0. The lowest BCUT2D eigenvalue weighted by atomic mass is 10.1. The van der Waals surface area contributed by atoms with Gasteiger partial charge in [0.2, 0.25) is 5.13 Å². The van der Waals surface area contributed by atoms with Crippen molar-refractivity contribution in [2.24, 2.45) is 5.10 Å². The number of aryl methyl sites for hydroxylation is 1. The third-order valence-electron chi connectivity index (χ3n) is 3.09. The Bertz CT molecular complexity index is 779. The maximum Gasteiger partial charge on any atom is 0.204 e. The molecule has 0 aliphatic carbocycles. The minimum Gasteiger partial charge on any atom is -0.253 e. The maximum absolute atomic E-state index is 5.92. The smallest absolute Gasteiger partial charge is 0.204 e. The quantitative estimate of drug-likeness (QED) is 0.527. The molecule has 22 heavy (non-hydrogen) atoms. The van der Waals surface area contributed by atoms with Gasteiger partial charge in [-0.25, -0.2) is 4.98 Å². The normalized spacial score (nSPS) is 11.0. The van der Waals surface area contributed by atoms with Gasteiger partial charge in [-0.05, 0) is 24.6 Å². The van der Waals surface area contributed by atoms with Crippen LogP contribution in [0.15, 0.2) is 59.7 Å². The Balaban J connectivity index is 1.75. The Hall–Kier alpha value is -2.17. The SMILES string of the molecule is Cc1sc(N/N=C/c2ccccc2)nc1-c1ccc(Cl)cc1. The highest BCUT2D eigenvalue weighted by Gasteiger charge is 2.09. The van der Waals surface area contributed by atoms with Gasteiger partial charge in [-0.2, -0.15) is 5.10 Å². The molecule has 0 amide bonds. The van der Waals surface area contributed by atoms with Crippen LogP contribution < -0.4 is 5.43 Å². The highest BCUT2D eigenvalue weighted by atomic mass is 35.5. The second kappa shape index (κ2) is 6.73. The molecule has 1 heterocycles. The highest BCUT2D eigenvalue weighted by Crippen LogP contribution is 2.30. The summed E-state index contributed by atoms with van der Waals surface area (Å²) in [7, 11) is 0. The van der Waals surface area contributed by atoms with Crippen molar-refractivity contribution in [1.82, 2.24) is 4.98 Å². The fourth-order valence-electron chi connectivity index (χ4n) is 2.02. The van der Waals surface area contributed by atoms with E-state index in [0.717, 1.165) is 31.9 Å². The van der Waals surface area contributed by atoms with Crippen LogP contribution in [0.25, 0.3) is 11.3 Å². The first-order chi connectivity index (χ1) is 10.7. The van der Waals surface area contributed by atoms with Gasteiger partial charge in [0.25, 0.3) is 0 Å². The molecule has 1 aromatic heterocycles. The first kappa shape index (κ1) is 14.8. The van der Waals surface area contributed by atoms with Gasteiger partial charge in [-0.3, -0.25) is 5.43 Å². The van der Waals surface area contributed by atoms with Gasteiger partial charge >= 0.3 is 0 Å². The van der Waals surface area contributed by atoms with E-state index < -0.39 is 0 Å². The van der Waals surface area contributed by atoms with Crippen LogP contribution in [0.1, 0.15) is 10.4 Å². The largest absolute Gasteiger partial charge is 0.253 e. The first-order valence-electron chi connectivity index (χ1n) is 6.80. The van der Waals surface area contributed by atoms with Gasteiger partial charge in [0.15, 0.2) is 0 Å². The number of anilines is 1. The fourth-order valence-corrected chi connectivity index (χ4v) is 2.93. The number of halogens is 1. The summed E-state index contributed by atoms with van der Waals surface area (Å²) in [5.41, 5.74) is 6.04. The van der Waals surface area contributed by atoms with Crippen molar-refractivity contribution in [3.8, 4) is 11.3 Å². The van der Waals surface area contributed by atoms with Crippen molar-refractivity contribution in [3.63, 3.8) is 0 Å². The van der Waals surface area contributed by atoms with Crippen LogP contribution in [0, 0.1) is 6.92 Å². The lowest BCUT2D eigenvalue weighted by Crippen LogP contribution is -1.89. The molecule has 0 saturated heterocycles. The molecule has 0 spiro atoms. The predicted molar refractivity (Wildman–Crippen MR) is 95.0 cm³/mol. The molecule has 0 aliphatic heterocycles. The average molecular weight is 328 g/mol. The lowest BCUT2D eigenvalue weighted by Gasteiger charge is -1.98. The Morgan fingerprint density at radius 1 is 1.09 bits per heavy atom. The Kier molecular flexibility index (Phi) is 4.51. The van der Waals surface area contributed by atoms with E-state index in [-0.39, 0.29) is 0 Å². The molecule has 0 saturated carbocycles. The van der Waals surface area contributed by atoms with E-state index in [4.69, 9.17) is 11.6 Å². The van der Waals surface area contributed by atoms with Crippen LogP contribution in [0.3, 0.4) is 0 Å². The van der Waals surface area contributed by atoms with E-state index in [2.05, 4.69) is 15.5 Å². The van der Waals surface area contributed by atoms with Gasteiger partial charge in [-0.15, -0.1) is 11.3 Å². The third kappa shape index (κ3) is 3.53. The van der Waals surface area contributed by atoms with Crippen LogP contribution >= 0.6 is 22.9 Å². The van der Waals surface area contributed by atoms with Gasteiger partial charge in [-0.1, -0.05) is 54.1 Å². The van der Waals surface area contributed by atoms with Crippen molar-refractivity contribution >= 4 is 34.3 Å². The number of hydrogen-bond donors (Lipinski definition) is 1. The molecular weight excluding hydrogens is 314 g/mol. The number of hydrogen-bond acceptors (Lipinski definition) is 4. The molecule has 110 valence electrons. The van der Waals surface area contributed by atoms with Crippen molar-refractivity contribution in [1.29, 1.82) is 0 Å². The second-order valence-electron chi connectivity index (χ2n) is 4.71. The molecule has 3 aromatic rings. The zero-order valence-corrected chi connectivity index (χ0v) is 13.5. The number of nitrogens with one attached hydrogen (secondary N) is 1. The maximum atomic E-state index is 5.92. The van der Waals surface area contributed by atoms with Gasteiger partial charge in [0, 0.05) is 15.5 Å².